The number of nitrogens with zero attached hydrogens (tertiary/aromatic N) is 4. The number of aromatic nitrogens is 4. The van der Waals surface area contributed by atoms with Crippen LogP contribution in [0.5, 0.6) is 0 Å². The van der Waals surface area contributed by atoms with Crippen molar-refractivity contribution in [3.63, 3.8) is 0 Å². The zero-order valence-corrected chi connectivity index (χ0v) is 9.74. The van der Waals surface area contributed by atoms with Gasteiger partial charge in [-0.05, 0) is 12.1 Å². The second-order valence-electron chi connectivity index (χ2n) is 3.91. The molecule has 0 radical (unpaired) electrons. The number of aryl methyl sites for hydroxylation is 1. The highest BCUT2D eigenvalue weighted by atomic mass is 16.5. The molecule has 2 heterocycles. The summed E-state index contributed by atoms with van der Waals surface area (Å²) in [5.74, 6) is 0.910. The monoisotopic (exact) mass is 241 g/mol. The molecule has 6 heteroatoms. The van der Waals surface area contributed by atoms with Crippen LogP contribution in [0.4, 0.5) is 5.69 Å². The van der Waals surface area contributed by atoms with Gasteiger partial charge in [0, 0.05) is 24.5 Å². The van der Waals surface area contributed by atoms with E-state index >= 15 is 0 Å². The fourth-order valence-electron chi connectivity index (χ4n) is 1.68. The Labute approximate surface area is 103 Å². The molecule has 0 fully saturated rings. The minimum atomic E-state index is 0.432. The predicted molar refractivity (Wildman–Crippen MR) is 66.3 cm³/mol. The molecule has 3 aromatic rings. The Morgan fingerprint density at radius 2 is 2.11 bits per heavy atom. The fourth-order valence-corrected chi connectivity index (χ4v) is 1.68. The second-order valence-corrected chi connectivity index (χ2v) is 3.91. The van der Waals surface area contributed by atoms with E-state index in [9.17, 15) is 0 Å². The largest absolute Gasteiger partial charge is 0.398 e. The van der Waals surface area contributed by atoms with Crippen molar-refractivity contribution in [3.8, 4) is 22.8 Å². The highest BCUT2D eigenvalue weighted by Gasteiger charge is 2.13. The summed E-state index contributed by atoms with van der Waals surface area (Å²) in [6.07, 6.45) is 3.48. The van der Waals surface area contributed by atoms with E-state index in [-0.39, 0.29) is 0 Å². The van der Waals surface area contributed by atoms with E-state index in [0.29, 0.717) is 17.4 Å². The highest BCUT2D eigenvalue weighted by molar-refractivity contribution is 5.71. The SMILES string of the molecule is Cn1cc(-c2nc(-c3ccccc3N)no2)cn1. The Bertz CT molecular complexity index is 685. The third kappa shape index (κ3) is 1.73. The molecule has 0 aliphatic carbocycles. The van der Waals surface area contributed by atoms with Crippen molar-refractivity contribution in [2.24, 2.45) is 7.05 Å². The molecule has 18 heavy (non-hydrogen) atoms. The Hall–Kier alpha value is -2.63. The van der Waals surface area contributed by atoms with E-state index in [1.807, 2.05) is 31.4 Å². The fraction of sp³-hybridized carbons (Fsp3) is 0.0833. The molecular weight excluding hydrogens is 230 g/mol. The maximum absolute atomic E-state index is 5.87. The van der Waals surface area contributed by atoms with Crippen LogP contribution in [0.15, 0.2) is 41.2 Å². The lowest BCUT2D eigenvalue weighted by Gasteiger charge is -1.97. The highest BCUT2D eigenvalue weighted by Crippen LogP contribution is 2.25. The number of nitrogens with two attached hydrogens (primary N) is 1. The summed E-state index contributed by atoms with van der Waals surface area (Å²) in [5, 5.41) is 7.99. The van der Waals surface area contributed by atoms with Gasteiger partial charge in [-0.2, -0.15) is 10.1 Å². The van der Waals surface area contributed by atoms with Gasteiger partial charge in [-0.1, -0.05) is 17.3 Å². The van der Waals surface area contributed by atoms with Crippen molar-refractivity contribution < 1.29 is 4.52 Å². The van der Waals surface area contributed by atoms with Crippen molar-refractivity contribution in [1.82, 2.24) is 19.9 Å². The average Bonchev–Trinajstić information content (AvgIpc) is 2.98. The van der Waals surface area contributed by atoms with Crippen molar-refractivity contribution in [2.75, 3.05) is 5.73 Å². The third-order valence-corrected chi connectivity index (χ3v) is 2.58. The van der Waals surface area contributed by atoms with Crippen LogP contribution >= 0.6 is 0 Å². The van der Waals surface area contributed by atoms with Crippen molar-refractivity contribution in [1.29, 1.82) is 0 Å². The van der Waals surface area contributed by atoms with Crippen molar-refractivity contribution in [3.05, 3.63) is 36.7 Å². The molecule has 0 saturated heterocycles. The van der Waals surface area contributed by atoms with Crippen LogP contribution in [-0.2, 0) is 7.05 Å². The summed E-state index contributed by atoms with van der Waals surface area (Å²) < 4.78 is 6.88. The molecule has 0 aliphatic rings. The lowest BCUT2D eigenvalue weighted by atomic mass is 10.2. The number of hydrogen-bond donors (Lipinski definition) is 1. The zero-order valence-electron chi connectivity index (χ0n) is 9.74. The van der Waals surface area contributed by atoms with E-state index in [1.54, 1.807) is 16.9 Å². The Morgan fingerprint density at radius 1 is 1.28 bits per heavy atom. The van der Waals surface area contributed by atoms with Gasteiger partial charge in [0.05, 0.1) is 11.8 Å². The van der Waals surface area contributed by atoms with Gasteiger partial charge in [0.15, 0.2) is 0 Å². The van der Waals surface area contributed by atoms with Gasteiger partial charge in [0.2, 0.25) is 5.82 Å². The molecule has 0 atom stereocenters. The Kier molecular flexibility index (Phi) is 2.33. The summed E-state index contributed by atoms with van der Waals surface area (Å²) in [6, 6.07) is 7.40. The molecule has 0 unspecified atom stereocenters. The molecule has 1 aromatic carbocycles. The average molecular weight is 241 g/mol. The molecule has 0 aliphatic heterocycles. The Balaban J connectivity index is 2.02. The van der Waals surface area contributed by atoms with Crippen LogP contribution < -0.4 is 5.73 Å². The van der Waals surface area contributed by atoms with E-state index in [1.165, 1.54) is 0 Å². The number of anilines is 1. The first-order valence-electron chi connectivity index (χ1n) is 5.41. The molecule has 0 spiro atoms. The molecular formula is C12H11N5O. The van der Waals surface area contributed by atoms with Crippen LogP contribution in [0.25, 0.3) is 22.8 Å². The second kappa shape index (κ2) is 3.99. The number of benzene rings is 1. The molecule has 2 N–H and O–H groups in total. The first kappa shape index (κ1) is 10.5. The minimum Gasteiger partial charge on any atom is -0.398 e. The van der Waals surface area contributed by atoms with E-state index < -0.39 is 0 Å². The lowest BCUT2D eigenvalue weighted by molar-refractivity contribution is 0.432. The van der Waals surface area contributed by atoms with Crippen molar-refractivity contribution in [2.45, 2.75) is 0 Å². The molecule has 2 aromatic heterocycles. The summed E-state index contributed by atoms with van der Waals surface area (Å²) in [6.45, 7) is 0. The van der Waals surface area contributed by atoms with E-state index in [2.05, 4.69) is 15.2 Å². The number of rotatable bonds is 2. The van der Waals surface area contributed by atoms with Gasteiger partial charge in [-0.15, -0.1) is 0 Å². The topological polar surface area (TPSA) is 82.8 Å². The van der Waals surface area contributed by atoms with Gasteiger partial charge < -0.3 is 10.3 Å². The van der Waals surface area contributed by atoms with Gasteiger partial charge in [0.1, 0.15) is 0 Å². The summed E-state index contributed by atoms with van der Waals surface area (Å²) >= 11 is 0. The minimum absolute atomic E-state index is 0.432. The number of para-hydroxylation sites is 1. The van der Waals surface area contributed by atoms with Gasteiger partial charge >= 0.3 is 0 Å². The molecule has 0 saturated carbocycles. The first-order valence-corrected chi connectivity index (χ1v) is 5.41. The van der Waals surface area contributed by atoms with Gasteiger partial charge in [0.25, 0.3) is 5.89 Å². The van der Waals surface area contributed by atoms with Crippen LogP contribution in [0.2, 0.25) is 0 Å². The molecule has 0 amide bonds. The smallest absolute Gasteiger partial charge is 0.261 e. The van der Waals surface area contributed by atoms with Gasteiger partial charge in [-0.3, -0.25) is 4.68 Å². The van der Waals surface area contributed by atoms with E-state index in [0.717, 1.165) is 11.1 Å². The van der Waals surface area contributed by atoms with Gasteiger partial charge in [-0.25, -0.2) is 0 Å². The number of nitrogen functional groups attached to an aromatic ring is 1. The third-order valence-electron chi connectivity index (χ3n) is 2.58. The van der Waals surface area contributed by atoms with Crippen LogP contribution in [0.3, 0.4) is 0 Å². The summed E-state index contributed by atoms with van der Waals surface area (Å²) in [4.78, 5) is 4.31. The molecule has 6 nitrogen and oxygen atoms in total. The maximum atomic E-state index is 5.87. The lowest BCUT2D eigenvalue weighted by Crippen LogP contribution is -1.90. The van der Waals surface area contributed by atoms with Crippen LogP contribution in [0, 0.1) is 0 Å². The van der Waals surface area contributed by atoms with Crippen LogP contribution in [0.1, 0.15) is 0 Å². The van der Waals surface area contributed by atoms with Crippen LogP contribution in [-0.4, -0.2) is 19.9 Å². The van der Waals surface area contributed by atoms with Crippen molar-refractivity contribution >= 4 is 5.69 Å². The quantitative estimate of drug-likeness (QED) is 0.691. The maximum Gasteiger partial charge on any atom is 0.261 e. The molecule has 3 rings (SSSR count). The molecule has 90 valence electrons. The zero-order chi connectivity index (χ0) is 12.5. The summed E-state index contributed by atoms with van der Waals surface area (Å²) in [5.41, 5.74) is 8.03. The number of hydrogen-bond acceptors (Lipinski definition) is 5. The normalized spacial score (nSPS) is 10.7. The Morgan fingerprint density at radius 3 is 2.83 bits per heavy atom. The summed E-state index contributed by atoms with van der Waals surface area (Å²) in [7, 11) is 1.83. The molecule has 0 bridgehead atoms. The standard InChI is InChI=1S/C12H11N5O/c1-17-7-8(6-14-17)12-15-11(16-18-12)9-4-2-3-5-10(9)13/h2-7H,13H2,1H3. The first-order chi connectivity index (χ1) is 8.74. The predicted octanol–water partition coefficient (Wildman–Crippen LogP) is 1.72. The van der Waals surface area contributed by atoms with E-state index in [4.69, 9.17) is 10.3 Å².